The molecular formula is C13H20N2OS. The first-order chi connectivity index (χ1) is 8.13. The van der Waals surface area contributed by atoms with Gasteiger partial charge in [-0.1, -0.05) is 13.3 Å². The highest BCUT2D eigenvalue weighted by molar-refractivity contribution is 8.00. The highest BCUT2D eigenvalue weighted by Crippen LogP contribution is 2.22. The number of hydrogen-bond donors (Lipinski definition) is 2. The number of thioether (sulfide) groups is 1. The maximum Gasteiger partial charge on any atom is 0.230 e. The van der Waals surface area contributed by atoms with Gasteiger partial charge in [0.25, 0.3) is 0 Å². The average molecular weight is 252 g/mol. The summed E-state index contributed by atoms with van der Waals surface area (Å²) in [6.07, 6.45) is 2.14. The van der Waals surface area contributed by atoms with E-state index in [-0.39, 0.29) is 5.91 Å². The molecule has 1 aromatic carbocycles. The van der Waals surface area contributed by atoms with E-state index in [1.807, 2.05) is 25.1 Å². The van der Waals surface area contributed by atoms with Crippen molar-refractivity contribution in [3.05, 3.63) is 23.8 Å². The van der Waals surface area contributed by atoms with Crippen molar-refractivity contribution in [1.82, 2.24) is 5.32 Å². The minimum atomic E-state index is 0.0953. The van der Waals surface area contributed by atoms with Crippen molar-refractivity contribution in [3.63, 3.8) is 0 Å². The molecule has 0 aliphatic carbocycles. The summed E-state index contributed by atoms with van der Waals surface area (Å²) in [5.41, 5.74) is 7.59. The largest absolute Gasteiger partial charge is 0.399 e. The van der Waals surface area contributed by atoms with Crippen molar-refractivity contribution >= 4 is 23.4 Å². The van der Waals surface area contributed by atoms with Gasteiger partial charge in [0.15, 0.2) is 0 Å². The summed E-state index contributed by atoms with van der Waals surface area (Å²) in [6, 6.07) is 5.85. The van der Waals surface area contributed by atoms with Crippen LogP contribution in [0.15, 0.2) is 23.1 Å². The van der Waals surface area contributed by atoms with Gasteiger partial charge < -0.3 is 11.1 Å². The molecule has 1 rings (SSSR count). The highest BCUT2D eigenvalue weighted by Gasteiger charge is 2.03. The normalized spacial score (nSPS) is 10.2. The van der Waals surface area contributed by atoms with Gasteiger partial charge >= 0.3 is 0 Å². The van der Waals surface area contributed by atoms with E-state index in [0.717, 1.165) is 35.5 Å². The van der Waals surface area contributed by atoms with Gasteiger partial charge in [-0.15, -0.1) is 11.8 Å². The molecular weight excluding hydrogens is 232 g/mol. The maximum absolute atomic E-state index is 11.5. The molecule has 17 heavy (non-hydrogen) atoms. The Balaban J connectivity index is 2.34. The van der Waals surface area contributed by atoms with Crippen molar-refractivity contribution < 1.29 is 4.79 Å². The lowest BCUT2D eigenvalue weighted by Crippen LogP contribution is -2.25. The third-order valence-electron chi connectivity index (χ3n) is 2.46. The van der Waals surface area contributed by atoms with Gasteiger partial charge in [0.05, 0.1) is 5.75 Å². The number of rotatable bonds is 6. The van der Waals surface area contributed by atoms with Gasteiger partial charge in [-0.3, -0.25) is 4.79 Å². The molecule has 1 aromatic rings. The molecule has 0 aliphatic rings. The SMILES string of the molecule is CCCCNC(=O)CSc1ccc(N)c(C)c1. The number of anilines is 1. The lowest BCUT2D eigenvalue weighted by molar-refractivity contribution is -0.118. The zero-order valence-corrected chi connectivity index (χ0v) is 11.3. The second-order valence-electron chi connectivity index (χ2n) is 4.01. The Morgan fingerprint density at radius 1 is 1.47 bits per heavy atom. The van der Waals surface area contributed by atoms with Crippen molar-refractivity contribution in [2.75, 3.05) is 18.0 Å². The van der Waals surface area contributed by atoms with Crippen molar-refractivity contribution in [1.29, 1.82) is 0 Å². The average Bonchev–Trinajstić information content (AvgIpc) is 2.31. The fourth-order valence-electron chi connectivity index (χ4n) is 1.34. The van der Waals surface area contributed by atoms with Crippen LogP contribution in [0.4, 0.5) is 5.69 Å². The third-order valence-corrected chi connectivity index (χ3v) is 3.46. The van der Waals surface area contributed by atoms with Crippen LogP contribution in [0.5, 0.6) is 0 Å². The number of nitrogen functional groups attached to an aromatic ring is 1. The number of aryl methyl sites for hydroxylation is 1. The van der Waals surface area contributed by atoms with Crippen LogP contribution >= 0.6 is 11.8 Å². The van der Waals surface area contributed by atoms with E-state index in [1.54, 1.807) is 11.8 Å². The van der Waals surface area contributed by atoms with Crippen LogP contribution in [-0.2, 0) is 4.79 Å². The second kappa shape index (κ2) is 7.22. The Bertz CT molecular complexity index is 380. The minimum absolute atomic E-state index is 0.0953. The molecule has 3 N–H and O–H groups in total. The molecule has 0 aliphatic heterocycles. The molecule has 0 aromatic heterocycles. The molecule has 0 spiro atoms. The van der Waals surface area contributed by atoms with E-state index < -0.39 is 0 Å². The van der Waals surface area contributed by atoms with Crippen LogP contribution in [0.25, 0.3) is 0 Å². The summed E-state index contributed by atoms with van der Waals surface area (Å²) in [4.78, 5) is 12.6. The molecule has 0 bridgehead atoms. The molecule has 0 radical (unpaired) electrons. The van der Waals surface area contributed by atoms with E-state index in [9.17, 15) is 4.79 Å². The number of carbonyl (C=O) groups is 1. The molecule has 4 heteroatoms. The second-order valence-corrected chi connectivity index (χ2v) is 5.06. The monoisotopic (exact) mass is 252 g/mol. The zero-order chi connectivity index (χ0) is 12.7. The topological polar surface area (TPSA) is 55.1 Å². The first-order valence-electron chi connectivity index (χ1n) is 5.89. The van der Waals surface area contributed by atoms with E-state index in [0.29, 0.717) is 5.75 Å². The summed E-state index contributed by atoms with van der Waals surface area (Å²) >= 11 is 1.54. The van der Waals surface area contributed by atoms with E-state index >= 15 is 0 Å². The molecule has 0 saturated heterocycles. The summed E-state index contributed by atoms with van der Waals surface area (Å²) in [5.74, 6) is 0.561. The van der Waals surface area contributed by atoms with Crippen LogP contribution in [0.3, 0.4) is 0 Å². The number of amides is 1. The molecule has 94 valence electrons. The van der Waals surface area contributed by atoms with Crippen LogP contribution in [0, 0.1) is 6.92 Å². The van der Waals surface area contributed by atoms with Gasteiger partial charge in [-0.05, 0) is 37.1 Å². The lowest BCUT2D eigenvalue weighted by Gasteiger charge is -2.06. The summed E-state index contributed by atoms with van der Waals surface area (Å²) in [5, 5.41) is 2.90. The van der Waals surface area contributed by atoms with Crippen LogP contribution in [-0.4, -0.2) is 18.2 Å². The quantitative estimate of drug-likeness (QED) is 0.465. The minimum Gasteiger partial charge on any atom is -0.399 e. The van der Waals surface area contributed by atoms with Crippen LogP contribution in [0.2, 0.25) is 0 Å². The van der Waals surface area contributed by atoms with Gasteiger partial charge in [0, 0.05) is 17.1 Å². The standard InChI is InChI=1S/C13H20N2OS/c1-3-4-7-15-13(16)9-17-11-5-6-12(14)10(2)8-11/h5-6,8H,3-4,7,9,14H2,1-2H3,(H,15,16). The van der Waals surface area contributed by atoms with Crippen LogP contribution in [0.1, 0.15) is 25.3 Å². The van der Waals surface area contributed by atoms with Crippen molar-refractivity contribution in [3.8, 4) is 0 Å². The molecule has 0 atom stereocenters. The Morgan fingerprint density at radius 2 is 2.24 bits per heavy atom. The lowest BCUT2D eigenvalue weighted by atomic mass is 10.2. The first kappa shape index (κ1) is 13.9. The molecule has 0 saturated carbocycles. The molecule has 0 unspecified atom stereocenters. The van der Waals surface area contributed by atoms with Gasteiger partial charge in [0.2, 0.25) is 5.91 Å². The number of benzene rings is 1. The predicted octanol–water partition coefficient (Wildman–Crippen LogP) is 2.59. The van der Waals surface area contributed by atoms with Gasteiger partial charge in [-0.2, -0.15) is 0 Å². The van der Waals surface area contributed by atoms with Crippen LogP contribution < -0.4 is 11.1 Å². The first-order valence-corrected chi connectivity index (χ1v) is 6.87. The van der Waals surface area contributed by atoms with Crippen molar-refractivity contribution in [2.45, 2.75) is 31.6 Å². The van der Waals surface area contributed by atoms with Gasteiger partial charge in [-0.25, -0.2) is 0 Å². The van der Waals surface area contributed by atoms with Gasteiger partial charge in [0.1, 0.15) is 0 Å². The Kier molecular flexibility index (Phi) is 5.91. The van der Waals surface area contributed by atoms with Crippen molar-refractivity contribution in [2.24, 2.45) is 0 Å². The van der Waals surface area contributed by atoms with E-state index in [2.05, 4.69) is 12.2 Å². The third kappa shape index (κ3) is 5.13. The number of hydrogen-bond acceptors (Lipinski definition) is 3. The smallest absolute Gasteiger partial charge is 0.230 e. The fourth-order valence-corrected chi connectivity index (χ4v) is 2.17. The molecule has 1 amide bonds. The highest BCUT2D eigenvalue weighted by atomic mass is 32.2. The molecule has 0 fully saturated rings. The fraction of sp³-hybridized carbons (Fsp3) is 0.462. The summed E-state index contributed by atoms with van der Waals surface area (Å²) in [6.45, 7) is 4.86. The zero-order valence-electron chi connectivity index (χ0n) is 10.5. The number of nitrogens with one attached hydrogen (secondary N) is 1. The number of unbranched alkanes of at least 4 members (excludes halogenated alkanes) is 1. The Morgan fingerprint density at radius 3 is 2.88 bits per heavy atom. The van der Waals surface area contributed by atoms with E-state index in [1.165, 1.54) is 0 Å². The summed E-state index contributed by atoms with van der Waals surface area (Å²) in [7, 11) is 0. The Hall–Kier alpha value is -1.16. The maximum atomic E-state index is 11.5. The predicted molar refractivity (Wildman–Crippen MR) is 74.2 cm³/mol. The Labute approximate surface area is 107 Å². The molecule has 0 heterocycles. The number of carbonyl (C=O) groups excluding carboxylic acids is 1. The number of nitrogens with two attached hydrogens (primary N) is 1. The molecule has 3 nitrogen and oxygen atoms in total. The van der Waals surface area contributed by atoms with E-state index in [4.69, 9.17) is 5.73 Å². The summed E-state index contributed by atoms with van der Waals surface area (Å²) < 4.78 is 0.